The van der Waals surface area contributed by atoms with E-state index >= 15 is 0 Å². The summed E-state index contributed by atoms with van der Waals surface area (Å²) in [7, 11) is 0. The van der Waals surface area contributed by atoms with Crippen molar-refractivity contribution >= 4 is 32.2 Å². The monoisotopic (exact) mass is 226 g/mol. The molecule has 1 atom stereocenters. The normalized spacial score (nSPS) is 19.4. The Kier molecular flexibility index (Phi) is 1.67. The second-order valence-electron chi connectivity index (χ2n) is 4.17. The van der Waals surface area contributed by atoms with Gasteiger partial charge < -0.3 is 4.74 Å². The van der Waals surface area contributed by atoms with Crippen molar-refractivity contribution in [3.8, 4) is 0 Å². The van der Waals surface area contributed by atoms with E-state index in [2.05, 4.69) is 41.8 Å². The Morgan fingerprint density at radius 3 is 2.88 bits per heavy atom. The highest BCUT2D eigenvalue weighted by atomic mass is 32.1. The summed E-state index contributed by atoms with van der Waals surface area (Å²) in [6.07, 6.45) is 0.339. The molecule has 0 saturated carbocycles. The van der Waals surface area contributed by atoms with Crippen LogP contribution in [-0.2, 0) is 4.74 Å². The van der Waals surface area contributed by atoms with Crippen LogP contribution in [0.1, 0.15) is 11.7 Å². The van der Waals surface area contributed by atoms with Gasteiger partial charge in [0.1, 0.15) is 6.10 Å². The molecule has 1 aliphatic rings. The van der Waals surface area contributed by atoms with Crippen LogP contribution >= 0.6 is 11.3 Å². The molecule has 1 fully saturated rings. The second-order valence-corrected chi connectivity index (χ2v) is 5.09. The van der Waals surface area contributed by atoms with Crippen LogP contribution in [0, 0.1) is 0 Å². The predicted octanol–water partition coefficient (Wildman–Crippen LogP) is 4.13. The van der Waals surface area contributed by atoms with Crippen molar-refractivity contribution in [2.24, 2.45) is 0 Å². The van der Waals surface area contributed by atoms with Gasteiger partial charge in [0.15, 0.2) is 0 Å². The minimum Gasteiger partial charge on any atom is -0.368 e. The maximum absolute atomic E-state index is 5.43. The highest BCUT2D eigenvalue weighted by Gasteiger charge is 2.27. The highest BCUT2D eigenvalue weighted by molar-refractivity contribution is 7.17. The van der Waals surface area contributed by atoms with Crippen LogP contribution in [0.2, 0.25) is 0 Å². The van der Waals surface area contributed by atoms with E-state index in [1.807, 2.05) is 11.3 Å². The lowest BCUT2D eigenvalue weighted by Crippen LogP contribution is -1.82. The third kappa shape index (κ3) is 1.14. The average Bonchev–Trinajstić information content (AvgIpc) is 3.04. The second kappa shape index (κ2) is 3.06. The lowest BCUT2D eigenvalue weighted by Gasteiger charge is -2.04. The maximum Gasteiger partial charge on any atom is 0.107 e. The number of hydrogen-bond acceptors (Lipinski definition) is 2. The van der Waals surface area contributed by atoms with E-state index in [0.29, 0.717) is 6.10 Å². The van der Waals surface area contributed by atoms with Gasteiger partial charge in [0.25, 0.3) is 0 Å². The van der Waals surface area contributed by atoms with Crippen molar-refractivity contribution < 1.29 is 4.74 Å². The summed E-state index contributed by atoms with van der Waals surface area (Å²) in [5.74, 6) is 0. The van der Waals surface area contributed by atoms with Gasteiger partial charge in [0, 0.05) is 15.6 Å². The van der Waals surface area contributed by atoms with Crippen LogP contribution in [0.5, 0.6) is 0 Å². The molecule has 78 valence electrons. The van der Waals surface area contributed by atoms with Crippen molar-refractivity contribution in [3.05, 3.63) is 47.3 Å². The molecule has 1 nitrogen and oxygen atoms in total. The molecule has 2 heteroatoms. The van der Waals surface area contributed by atoms with Gasteiger partial charge in [-0.15, -0.1) is 11.3 Å². The summed E-state index contributed by atoms with van der Waals surface area (Å²) < 4.78 is 6.82. The first-order chi connectivity index (χ1) is 7.93. The summed E-state index contributed by atoms with van der Waals surface area (Å²) in [6.45, 7) is 0.880. The molecule has 2 heterocycles. The van der Waals surface area contributed by atoms with Gasteiger partial charge in [-0.3, -0.25) is 0 Å². The Labute approximate surface area is 97.3 Å². The van der Waals surface area contributed by atoms with E-state index < -0.39 is 0 Å². The summed E-state index contributed by atoms with van der Waals surface area (Å²) >= 11 is 1.82. The zero-order chi connectivity index (χ0) is 10.5. The van der Waals surface area contributed by atoms with Crippen LogP contribution in [0.3, 0.4) is 0 Å². The SMILES string of the molecule is c1ccc2c(c1)cc(C1CO1)c1sccc12. The minimum absolute atomic E-state index is 0.339. The lowest BCUT2D eigenvalue weighted by molar-refractivity contribution is 0.417. The number of hydrogen-bond donors (Lipinski definition) is 0. The molecule has 1 saturated heterocycles. The minimum atomic E-state index is 0.339. The fourth-order valence-electron chi connectivity index (χ4n) is 2.31. The molecule has 2 aromatic carbocycles. The Bertz CT molecular complexity index is 679. The van der Waals surface area contributed by atoms with Crippen LogP contribution in [0.15, 0.2) is 41.8 Å². The van der Waals surface area contributed by atoms with Crippen LogP contribution in [0.25, 0.3) is 20.9 Å². The number of benzene rings is 2. The van der Waals surface area contributed by atoms with E-state index in [0.717, 1.165) is 6.61 Å². The Balaban J connectivity index is 2.21. The molecule has 0 bridgehead atoms. The van der Waals surface area contributed by atoms with E-state index in [1.165, 1.54) is 26.4 Å². The van der Waals surface area contributed by atoms with Gasteiger partial charge in [-0.05, 0) is 28.3 Å². The molecule has 0 aliphatic carbocycles. The lowest BCUT2D eigenvalue weighted by atomic mass is 10.0. The van der Waals surface area contributed by atoms with Crippen molar-refractivity contribution in [3.63, 3.8) is 0 Å². The zero-order valence-corrected chi connectivity index (χ0v) is 9.46. The number of epoxide rings is 1. The van der Waals surface area contributed by atoms with Gasteiger partial charge >= 0.3 is 0 Å². The third-order valence-electron chi connectivity index (χ3n) is 3.17. The molecule has 1 unspecified atom stereocenters. The molecule has 16 heavy (non-hydrogen) atoms. The first-order valence-corrected chi connectivity index (χ1v) is 6.32. The summed E-state index contributed by atoms with van der Waals surface area (Å²) in [5, 5.41) is 6.21. The van der Waals surface area contributed by atoms with Crippen molar-refractivity contribution in [2.75, 3.05) is 6.61 Å². The largest absolute Gasteiger partial charge is 0.368 e. The summed E-state index contributed by atoms with van der Waals surface area (Å²) in [5.41, 5.74) is 1.36. The molecule has 3 aromatic rings. The average molecular weight is 226 g/mol. The number of thiophene rings is 1. The molecular formula is C14H10OS. The molecule has 0 N–H and O–H groups in total. The van der Waals surface area contributed by atoms with Gasteiger partial charge in [-0.1, -0.05) is 24.3 Å². The summed E-state index contributed by atoms with van der Waals surface area (Å²) in [6, 6.07) is 13.1. The smallest absolute Gasteiger partial charge is 0.107 e. The molecule has 1 aromatic heterocycles. The van der Waals surface area contributed by atoms with Crippen LogP contribution < -0.4 is 0 Å². The molecule has 0 radical (unpaired) electrons. The number of ether oxygens (including phenoxy) is 1. The molecule has 0 amide bonds. The van der Waals surface area contributed by atoms with Crippen LogP contribution in [0.4, 0.5) is 0 Å². The fraction of sp³-hybridized carbons (Fsp3) is 0.143. The van der Waals surface area contributed by atoms with Crippen molar-refractivity contribution in [1.29, 1.82) is 0 Å². The molecular weight excluding hydrogens is 216 g/mol. The van der Waals surface area contributed by atoms with Crippen LogP contribution in [-0.4, -0.2) is 6.61 Å². The van der Waals surface area contributed by atoms with E-state index in [-0.39, 0.29) is 0 Å². The standard InChI is InChI=1S/C14H10OS/c1-2-4-10-9(3-1)7-12(13-8-15-13)14-11(10)5-6-16-14/h1-7,13H,8H2. The van der Waals surface area contributed by atoms with Gasteiger partial charge in [0.2, 0.25) is 0 Å². The topological polar surface area (TPSA) is 12.5 Å². The molecule has 1 aliphatic heterocycles. The number of rotatable bonds is 1. The van der Waals surface area contributed by atoms with Gasteiger partial charge in [-0.25, -0.2) is 0 Å². The highest BCUT2D eigenvalue weighted by Crippen LogP contribution is 2.40. The Hall–Kier alpha value is -1.38. The van der Waals surface area contributed by atoms with E-state index in [4.69, 9.17) is 4.74 Å². The quantitative estimate of drug-likeness (QED) is 0.568. The molecule has 0 spiro atoms. The Morgan fingerprint density at radius 1 is 1.12 bits per heavy atom. The first kappa shape index (κ1) is 8.74. The van der Waals surface area contributed by atoms with Gasteiger partial charge in [-0.2, -0.15) is 0 Å². The zero-order valence-electron chi connectivity index (χ0n) is 8.64. The van der Waals surface area contributed by atoms with E-state index in [9.17, 15) is 0 Å². The summed E-state index contributed by atoms with van der Waals surface area (Å²) in [4.78, 5) is 0. The fourth-order valence-corrected chi connectivity index (χ4v) is 3.28. The third-order valence-corrected chi connectivity index (χ3v) is 4.13. The first-order valence-electron chi connectivity index (χ1n) is 5.44. The molecule has 4 rings (SSSR count). The van der Waals surface area contributed by atoms with E-state index in [1.54, 1.807) is 0 Å². The van der Waals surface area contributed by atoms with Gasteiger partial charge in [0.05, 0.1) is 6.61 Å². The predicted molar refractivity (Wildman–Crippen MR) is 68.0 cm³/mol. The maximum atomic E-state index is 5.43. The van der Waals surface area contributed by atoms with Crippen molar-refractivity contribution in [1.82, 2.24) is 0 Å². The van der Waals surface area contributed by atoms with Crippen molar-refractivity contribution in [2.45, 2.75) is 6.10 Å². The number of fused-ring (bicyclic) bond motifs is 3. The Morgan fingerprint density at radius 2 is 2.00 bits per heavy atom.